The van der Waals surface area contributed by atoms with Crippen LogP contribution in [0.25, 0.3) is 0 Å². The standard InChI is InChI=1S/C12H13BrN2O5S/c13-10-3-2-8(5-9(10)12(17)18)21(19,20)14-6-7-1-4-11(16)15-7/h2-3,5,7,14H,1,4,6H2,(H,15,16)(H,17,18). The molecule has 114 valence electrons. The van der Waals surface area contributed by atoms with Crippen molar-refractivity contribution in [2.45, 2.75) is 23.8 Å². The van der Waals surface area contributed by atoms with Gasteiger partial charge in [0.2, 0.25) is 15.9 Å². The fraction of sp³-hybridized carbons (Fsp3) is 0.333. The molecule has 9 heteroatoms. The Morgan fingerprint density at radius 2 is 2.19 bits per heavy atom. The first-order valence-corrected chi connectivity index (χ1v) is 8.39. The van der Waals surface area contributed by atoms with Crippen LogP contribution in [-0.4, -0.2) is 38.0 Å². The number of carbonyl (C=O) groups excluding carboxylic acids is 1. The highest BCUT2D eigenvalue weighted by Gasteiger charge is 2.24. The van der Waals surface area contributed by atoms with E-state index < -0.39 is 16.0 Å². The number of sulfonamides is 1. The lowest BCUT2D eigenvalue weighted by molar-refractivity contribution is -0.119. The summed E-state index contributed by atoms with van der Waals surface area (Å²) >= 11 is 3.05. The van der Waals surface area contributed by atoms with Gasteiger partial charge in [-0.3, -0.25) is 4.79 Å². The molecule has 2 rings (SSSR count). The molecule has 0 aliphatic carbocycles. The molecule has 0 radical (unpaired) electrons. The summed E-state index contributed by atoms with van der Waals surface area (Å²) in [6.07, 6.45) is 0.954. The van der Waals surface area contributed by atoms with E-state index in [1.165, 1.54) is 12.1 Å². The van der Waals surface area contributed by atoms with E-state index in [1.54, 1.807) is 0 Å². The minimum atomic E-state index is -3.82. The molecule has 1 heterocycles. The quantitative estimate of drug-likeness (QED) is 0.700. The van der Waals surface area contributed by atoms with Gasteiger partial charge in [-0.05, 0) is 40.5 Å². The fourth-order valence-electron chi connectivity index (χ4n) is 1.96. The molecular weight excluding hydrogens is 364 g/mol. The number of amides is 1. The highest BCUT2D eigenvalue weighted by molar-refractivity contribution is 9.10. The lowest BCUT2D eigenvalue weighted by Gasteiger charge is -2.12. The SMILES string of the molecule is O=C1CCC(CNS(=O)(=O)c2ccc(Br)c(C(=O)O)c2)N1. The predicted molar refractivity (Wildman–Crippen MR) is 77.5 cm³/mol. The maximum atomic E-state index is 12.1. The predicted octanol–water partition coefficient (Wildman–Crippen LogP) is 0.704. The number of hydrogen-bond acceptors (Lipinski definition) is 4. The molecule has 7 nitrogen and oxygen atoms in total. The second kappa shape index (κ2) is 6.12. The van der Waals surface area contributed by atoms with Crippen LogP contribution >= 0.6 is 15.9 Å². The Kier molecular flexibility index (Phi) is 4.64. The maximum absolute atomic E-state index is 12.1. The zero-order chi connectivity index (χ0) is 15.6. The molecule has 1 aromatic carbocycles. The highest BCUT2D eigenvalue weighted by Crippen LogP contribution is 2.21. The van der Waals surface area contributed by atoms with Crippen molar-refractivity contribution < 1.29 is 23.1 Å². The minimum absolute atomic E-state index is 0.0759. The van der Waals surface area contributed by atoms with Crippen LogP contribution in [0.15, 0.2) is 27.6 Å². The van der Waals surface area contributed by atoms with Crippen LogP contribution in [0.5, 0.6) is 0 Å². The summed E-state index contributed by atoms with van der Waals surface area (Å²) in [6.45, 7) is 0.0759. The Hall–Kier alpha value is -1.45. The average Bonchev–Trinajstić information content (AvgIpc) is 2.82. The Balaban J connectivity index is 2.14. The average molecular weight is 377 g/mol. The number of rotatable bonds is 5. The zero-order valence-corrected chi connectivity index (χ0v) is 13.2. The summed E-state index contributed by atoms with van der Waals surface area (Å²) in [7, 11) is -3.82. The number of hydrogen-bond donors (Lipinski definition) is 3. The van der Waals surface area contributed by atoms with Crippen molar-refractivity contribution in [3.05, 3.63) is 28.2 Å². The van der Waals surface area contributed by atoms with Gasteiger partial charge in [0.25, 0.3) is 0 Å². The molecule has 0 saturated carbocycles. The first-order valence-electron chi connectivity index (χ1n) is 6.11. The van der Waals surface area contributed by atoms with E-state index in [-0.39, 0.29) is 29.0 Å². The van der Waals surface area contributed by atoms with Crippen molar-refractivity contribution >= 4 is 37.8 Å². The third kappa shape index (κ3) is 3.80. The van der Waals surface area contributed by atoms with Crippen LogP contribution in [0.3, 0.4) is 0 Å². The summed E-state index contributed by atoms with van der Waals surface area (Å²) in [4.78, 5) is 21.9. The molecule has 1 aliphatic rings. The molecule has 21 heavy (non-hydrogen) atoms. The van der Waals surface area contributed by atoms with E-state index >= 15 is 0 Å². The van der Waals surface area contributed by atoms with Crippen molar-refractivity contribution in [1.29, 1.82) is 0 Å². The normalized spacial score (nSPS) is 18.5. The van der Waals surface area contributed by atoms with Crippen LogP contribution in [0.2, 0.25) is 0 Å². The molecule has 1 amide bonds. The van der Waals surface area contributed by atoms with Gasteiger partial charge in [-0.2, -0.15) is 0 Å². The lowest BCUT2D eigenvalue weighted by Crippen LogP contribution is -2.38. The molecule has 1 aromatic rings. The molecule has 1 aliphatic heterocycles. The largest absolute Gasteiger partial charge is 0.478 e. The molecule has 3 N–H and O–H groups in total. The lowest BCUT2D eigenvalue weighted by atomic mass is 10.2. The van der Waals surface area contributed by atoms with E-state index in [1.807, 2.05) is 0 Å². The summed E-state index contributed by atoms with van der Waals surface area (Å²) in [6, 6.07) is 3.53. The van der Waals surface area contributed by atoms with Gasteiger partial charge in [0, 0.05) is 23.5 Å². The number of aromatic carboxylic acids is 1. The number of benzene rings is 1. The maximum Gasteiger partial charge on any atom is 0.336 e. The molecule has 0 aromatic heterocycles. The summed E-state index contributed by atoms with van der Waals surface area (Å²) < 4.78 is 26.9. The number of carboxylic acid groups (broad SMARTS) is 1. The molecule has 1 atom stereocenters. The van der Waals surface area contributed by atoms with E-state index in [0.29, 0.717) is 17.3 Å². The first-order chi connectivity index (χ1) is 9.79. The second-order valence-corrected chi connectivity index (χ2v) is 7.22. The Labute approximate surface area is 129 Å². The van der Waals surface area contributed by atoms with Crippen molar-refractivity contribution in [2.24, 2.45) is 0 Å². The molecular formula is C12H13BrN2O5S. The van der Waals surface area contributed by atoms with Crippen molar-refractivity contribution in [3.8, 4) is 0 Å². The van der Waals surface area contributed by atoms with Crippen LogP contribution < -0.4 is 10.0 Å². The topological polar surface area (TPSA) is 113 Å². The number of nitrogens with one attached hydrogen (secondary N) is 2. The van der Waals surface area contributed by atoms with Gasteiger partial charge in [-0.1, -0.05) is 0 Å². The van der Waals surface area contributed by atoms with Crippen molar-refractivity contribution in [3.63, 3.8) is 0 Å². The van der Waals surface area contributed by atoms with Crippen LogP contribution in [0.4, 0.5) is 0 Å². The van der Waals surface area contributed by atoms with Crippen molar-refractivity contribution in [2.75, 3.05) is 6.54 Å². The van der Waals surface area contributed by atoms with E-state index in [4.69, 9.17) is 5.11 Å². The molecule has 1 unspecified atom stereocenters. The van der Waals surface area contributed by atoms with E-state index in [0.717, 1.165) is 6.07 Å². The zero-order valence-electron chi connectivity index (χ0n) is 10.8. The summed E-state index contributed by atoms with van der Waals surface area (Å²) in [5, 5.41) is 11.6. The van der Waals surface area contributed by atoms with Crippen LogP contribution in [0, 0.1) is 0 Å². The third-order valence-corrected chi connectivity index (χ3v) is 5.20. The molecule has 1 saturated heterocycles. The Morgan fingerprint density at radius 1 is 1.48 bits per heavy atom. The van der Waals surface area contributed by atoms with Gasteiger partial charge >= 0.3 is 5.97 Å². The van der Waals surface area contributed by atoms with Gasteiger partial charge in [-0.15, -0.1) is 0 Å². The summed E-state index contributed by atoms with van der Waals surface area (Å²) in [5.74, 6) is -1.32. The first kappa shape index (κ1) is 15.9. The van der Waals surface area contributed by atoms with Gasteiger partial charge in [-0.25, -0.2) is 17.9 Å². The van der Waals surface area contributed by atoms with E-state index in [2.05, 4.69) is 26.0 Å². The van der Waals surface area contributed by atoms with Gasteiger partial charge < -0.3 is 10.4 Å². The smallest absolute Gasteiger partial charge is 0.336 e. The minimum Gasteiger partial charge on any atom is -0.478 e. The van der Waals surface area contributed by atoms with Crippen molar-refractivity contribution in [1.82, 2.24) is 10.0 Å². The molecule has 0 bridgehead atoms. The van der Waals surface area contributed by atoms with E-state index in [9.17, 15) is 18.0 Å². The number of carboxylic acids is 1. The van der Waals surface area contributed by atoms with Gasteiger partial charge in [0.15, 0.2) is 0 Å². The fourth-order valence-corrected chi connectivity index (χ4v) is 3.48. The highest BCUT2D eigenvalue weighted by atomic mass is 79.9. The number of halogens is 1. The molecule has 0 spiro atoms. The van der Waals surface area contributed by atoms with Crippen LogP contribution in [-0.2, 0) is 14.8 Å². The Morgan fingerprint density at radius 3 is 2.76 bits per heavy atom. The number of carbonyl (C=O) groups is 2. The monoisotopic (exact) mass is 376 g/mol. The summed E-state index contributed by atoms with van der Waals surface area (Å²) in [5.41, 5.74) is -0.132. The Bertz CT molecular complexity index is 689. The molecule has 1 fully saturated rings. The third-order valence-electron chi connectivity index (χ3n) is 3.08. The second-order valence-electron chi connectivity index (χ2n) is 4.60. The van der Waals surface area contributed by atoms with Gasteiger partial charge in [0.1, 0.15) is 0 Å². The van der Waals surface area contributed by atoms with Crippen LogP contribution in [0.1, 0.15) is 23.2 Å². The van der Waals surface area contributed by atoms with Gasteiger partial charge in [0.05, 0.1) is 10.5 Å².